The van der Waals surface area contributed by atoms with Crippen molar-refractivity contribution in [2.75, 3.05) is 20.1 Å². The Labute approximate surface area is 124 Å². The van der Waals surface area contributed by atoms with Crippen molar-refractivity contribution in [2.45, 2.75) is 13.1 Å². The summed E-state index contributed by atoms with van der Waals surface area (Å²) in [6.07, 6.45) is 0. The first-order chi connectivity index (χ1) is 9.24. The molecule has 0 saturated heterocycles. The number of hydrogen-bond donors (Lipinski definition) is 1. The van der Waals surface area contributed by atoms with E-state index in [1.54, 1.807) is 11.3 Å². The Kier molecular flexibility index (Phi) is 5.86. The van der Waals surface area contributed by atoms with Crippen LogP contribution in [-0.4, -0.2) is 25.0 Å². The van der Waals surface area contributed by atoms with E-state index >= 15 is 0 Å². The van der Waals surface area contributed by atoms with E-state index in [0.29, 0.717) is 0 Å². The van der Waals surface area contributed by atoms with Gasteiger partial charge in [-0.15, -0.1) is 11.3 Å². The lowest BCUT2D eigenvalue weighted by molar-refractivity contribution is 0.324. The number of nitrogens with zero attached hydrogens (tertiary/aromatic N) is 1. The molecule has 2 rings (SSSR count). The third-order valence-corrected chi connectivity index (χ3v) is 4.00. The zero-order valence-electron chi connectivity index (χ0n) is 11.1. The molecule has 19 heavy (non-hydrogen) atoms. The molecule has 0 saturated carbocycles. The quantitative estimate of drug-likeness (QED) is 0.785. The van der Waals surface area contributed by atoms with Crippen molar-refractivity contribution in [2.24, 2.45) is 0 Å². The van der Waals surface area contributed by atoms with Gasteiger partial charge in [0.1, 0.15) is 0 Å². The lowest BCUT2D eigenvalue weighted by Gasteiger charge is -2.17. The molecule has 1 heterocycles. The second-order valence-electron chi connectivity index (χ2n) is 4.62. The lowest BCUT2D eigenvalue weighted by Crippen LogP contribution is -2.28. The maximum atomic E-state index is 5.98. The Morgan fingerprint density at radius 1 is 1.26 bits per heavy atom. The maximum absolute atomic E-state index is 5.98. The number of thiophene rings is 1. The van der Waals surface area contributed by atoms with Gasteiger partial charge in [-0.1, -0.05) is 29.8 Å². The van der Waals surface area contributed by atoms with Gasteiger partial charge in [0.2, 0.25) is 0 Å². The van der Waals surface area contributed by atoms with Gasteiger partial charge in [-0.25, -0.2) is 0 Å². The Morgan fingerprint density at radius 3 is 2.89 bits per heavy atom. The first kappa shape index (κ1) is 14.5. The highest BCUT2D eigenvalue weighted by Gasteiger charge is 2.01. The summed E-state index contributed by atoms with van der Waals surface area (Å²) >= 11 is 7.78. The Bertz CT molecular complexity index is 485. The molecule has 4 heteroatoms. The Hall–Kier alpha value is -0.870. The summed E-state index contributed by atoms with van der Waals surface area (Å²) in [5.41, 5.74) is 1.26. The third kappa shape index (κ3) is 5.33. The summed E-state index contributed by atoms with van der Waals surface area (Å²) in [6, 6.07) is 12.3. The van der Waals surface area contributed by atoms with Crippen LogP contribution in [0.4, 0.5) is 0 Å². The topological polar surface area (TPSA) is 15.3 Å². The third-order valence-electron chi connectivity index (χ3n) is 2.89. The molecule has 0 amide bonds. The summed E-state index contributed by atoms with van der Waals surface area (Å²) in [5, 5.41) is 6.38. The van der Waals surface area contributed by atoms with Crippen LogP contribution in [0.5, 0.6) is 0 Å². The number of rotatable bonds is 7. The van der Waals surface area contributed by atoms with Crippen molar-refractivity contribution >= 4 is 22.9 Å². The molecule has 1 N–H and O–H groups in total. The van der Waals surface area contributed by atoms with Crippen molar-refractivity contribution in [1.29, 1.82) is 0 Å². The van der Waals surface area contributed by atoms with Gasteiger partial charge in [0.25, 0.3) is 0 Å². The predicted octanol–water partition coefficient (Wildman–Crippen LogP) is 3.62. The van der Waals surface area contributed by atoms with Crippen LogP contribution in [0, 0.1) is 0 Å². The molecule has 0 unspecified atom stereocenters. The molecule has 0 aliphatic heterocycles. The average Bonchev–Trinajstić information content (AvgIpc) is 2.88. The van der Waals surface area contributed by atoms with Crippen molar-refractivity contribution in [3.8, 4) is 0 Å². The van der Waals surface area contributed by atoms with Crippen LogP contribution in [-0.2, 0) is 13.1 Å². The van der Waals surface area contributed by atoms with Crippen LogP contribution in [0.3, 0.4) is 0 Å². The van der Waals surface area contributed by atoms with Gasteiger partial charge in [0, 0.05) is 36.1 Å². The van der Waals surface area contributed by atoms with E-state index in [4.69, 9.17) is 11.6 Å². The fourth-order valence-electron chi connectivity index (χ4n) is 1.92. The Morgan fingerprint density at radius 2 is 2.16 bits per heavy atom. The monoisotopic (exact) mass is 294 g/mol. The fourth-order valence-corrected chi connectivity index (χ4v) is 2.81. The number of likely N-dealkylation sites (N-methyl/N-ethyl adjacent to an activating group) is 1. The van der Waals surface area contributed by atoms with Crippen molar-refractivity contribution < 1.29 is 0 Å². The molecule has 102 valence electrons. The molecule has 0 bridgehead atoms. The molecule has 2 aromatic rings. The van der Waals surface area contributed by atoms with Crippen LogP contribution in [0.1, 0.15) is 10.4 Å². The van der Waals surface area contributed by atoms with Crippen LogP contribution in [0.15, 0.2) is 41.8 Å². The molecule has 1 aromatic heterocycles. The summed E-state index contributed by atoms with van der Waals surface area (Å²) in [7, 11) is 2.13. The van der Waals surface area contributed by atoms with Gasteiger partial charge in [-0.3, -0.25) is 0 Å². The molecule has 1 aromatic carbocycles. The van der Waals surface area contributed by atoms with Gasteiger partial charge in [-0.05, 0) is 36.2 Å². The first-order valence-electron chi connectivity index (χ1n) is 6.40. The van der Waals surface area contributed by atoms with E-state index in [-0.39, 0.29) is 0 Å². The molecule has 2 nitrogen and oxygen atoms in total. The smallest absolute Gasteiger partial charge is 0.0409 e. The Balaban J connectivity index is 1.65. The highest BCUT2D eigenvalue weighted by molar-refractivity contribution is 7.09. The zero-order valence-corrected chi connectivity index (χ0v) is 12.7. The second-order valence-corrected chi connectivity index (χ2v) is 6.09. The molecule has 0 aliphatic rings. The van der Waals surface area contributed by atoms with E-state index in [9.17, 15) is 0 Å². The molecular formula is C15H19ClN2S. The number of benzene rings is 1. The van der Waals surface area contributed by atoms with Crippen molar-refractivity contribution in [3.63, 3.8) is 0 Å². The maximum Gasteiger partial charge on any atom is 0.0409 e. The zero-order chi connectivity index (χ0) is 13.5. The van der Waals surface area contributed by atoms with Gasteiger partial charge in [-0.2, -0.15) is 0 Å². The minimum absolute atomic E-state index is 0.807. The number of nitrogens with one attached hydrogen (secondary N) is 1. The van der Waals surface area contributed by atoms with Crippen LogP contribution >= 0.6 is 22.9 Å². The van der Waals surface area contributed by atoms with Gasteiger partial charge < -0.3 is 10.2 Å². The van der Waals surface area contributed by atoms with Crippen LogP contribution < -0.4 is 5.32 Å². The van der Waals surface area contributed by atoms with Gasteiger partial charge >= 0.3 is 0 Å². The van der Waals surface area contributed by atoms with E-state index in [2.05, 4.69) is 40.8 Å². The van der Waals surface area contributed by atoms with E-state index in [1.807, 2.05) is 18.2 Å². The molecule has 0 fully saturated rings. The number of halogens is 1. The largest absolute Gasteiger partial charge is 0.311 e. The summed E-state index contributed by atoms with van der Waals surface area (Å²) in [6.45, 7) is 3.91. The summed E-state index contributed by atoms with van der Waals surface area (Å²) in [5.74, 6) is 0. The summed E-state index contributed by atoms with van der Waals surface area (Å²) in [4.78, 5) is 3.69. The molecule has 0 aliphatic carbocycles. The molecular weight excluding hydrogens is 276 g/mol. The lowest BCUT2D eigenvalue weighted by atomic mass is 10.2. The van der Waals surface area contributed by atoms with Crippen LogP contribution in [0.2, 0.25) is 5.02 Å². The van der Waals surface area contributed by atoms with E-state index in [0.717, 1.165) is 31.2 Å². The van der Waals surface area contributed by atoms with Crippen LogP contribution in [0.25, 0.3) is 0 Å². The van der Waals surface area contributed by atoms with Crippen molar-refractivity contribution in [3.05, 3.63) is 57.2 Å². The normalized spacial score (nSPS) is 11.1. The first-order valence-corrected chi connectivity index (χ1v) is 7.66. The van der Waals surface area contributed by atoms with Gasteiger partial charge in [0.05, 0.1) is 0 Å². The number of hydrogen-bond acceptors (Lipinski definition) is 3. The highest BCUT2D eigenvalue weighted by Crippen LogP contribution is 2.12. The minimum Gasteiger partial charge on any atom is -0.311 e. The SMILES string of the molecule is CN(CCNCc1cccs1)Cc1cccc(Cl)c1. The average molecular weight is 295 g/mol. The van der Waals surface area contributed by atoms with Crippen molar-refractivity contribution in [1.82, 2.24) is 10.2 Å². The second kappa shape index (κ2) is 7.65. The van der Waals surface area contributed by atoms with Gasteiger partial charge in [0.15, 0.2) is 0 Å². The standard InChI is InChI=1S/C15H19ClN2S/c1-18(12-13-4-2-5-14(16)10-13)8-7-17-11-15-6-3-9-19-15/h2-6,9-10,17H,7-8,11-12H2,1H3. The molecule has 0 radical (unpaired) electrons. The molecule has 0 spiro atoms. The van der Waals surface area contributed by atoms with E-state index < -0.39 is 0 Å². The van der Waals surface area contributed by atoms with E-state index in [1.165, 1.54) is 10.4 Å². The summed E-state index contributed by atoms with van der Waals surface area (Å²) < 4.78 is 0. The minimum atomic E-state index is 0.807. The fraction of sp³-hybridized carbons (Fsp3) is 0.333. The highest BCUT2D eigenvalue weighted by atomic mass is 35.5. The predicted molar refractivity (Wildman–Crippen MR) is 83.8 cm³/mol. The molecule has 0 atom stereocenters.